The highest BCUT2D eigenvalue weighted by molar-refractivity contribution is 7.89. The topological polar surface area (TPSA) is 72.2 Å². The number of aromatic nitrogens is 1. The number of nitrogens with zero attached hydrogens (tertiary/aromatic N) is 1. The minimum atomic E-state index is -3.62. The third kappa shape index (κ3) is 2.80. The molecule has 0 aliphatic rings. The summed E-state index contributed by atoms with van der Waals surface area (Å²) in [6.07, 6.45) is 0. The van der Waals surface area contributed by atoms with Crippen molar-refractivity contribution in [2.24, 2.45) is 0 Å². The first kappa shape index (κ1) is 12.2. The maximum absolute atomic E-state index is 11.7. The summed E-state index contributed by atoms with van der Waals surface area (Å²) in [5, 5.41) is 3.77. The Morgan fingerprint density at radius 1 is 1.60 bits per heavy atom. The van der Waals surface area contributed by atoms with E-state index in [0.717, 1.165) is 0 Å². The molecule has 1 aromatic heterocycles. The maximum atomic E-state index is 11.7. The lowest BCUT2D eigenvalue weighted by Gasteiger charge is -2.04. The summed E-state index contributed by atoms with van der Waals surface area (Å²) in [5.41, 5.74) is 0.320. The van der Waals surface area contributed by atoms with Crippen molar-refractivity contribution in [1.29, 1.82) is 0 Å². The molecule has 0 amide bonds. The summed E-state index contributed by atoms with van der Waals surface area (Å²) in [5.74, 6) is 0.250. The van der Waals surface area contributed by atoms with Gasteiger partial charge in [-0.2, -0.15) is 0 Å². The van der Waals surface area contributed by atoms with Crippen LogP contribution in [-0.2, 0) is 10.0 Å². The van der Waals surface area contributed by atoms with Gasteiger partial charge in [0.2, 0.25) is 10.0 Å². The molecule has 1 heterocycles. The average Bonchev–Trinajstić information content (AvgIpc) is 2.43. The van der Waals surface area contributed by atoms with Crippen LogP contribution in [0, 0.1) is 13.8 Å². The molecule has 1 N–H and O–H groups in total. The van der Waals surface area contributed by atoms with Gasteiger partial charge in [-0.3, -0.25) is 0 Å². The van der Waals surface area contributed by atoms with Crippen molar-refractivity contribution in [3.05, 3.63) is 23.1 Å². The van der Waals surface area contributed by atoms with Gasteiger partial charge in [0.05, 0.1) is 0 Å². The van der Waals surface area contributed by atoms with Crippen LogP contribution in [0.2, 0.25) is 0 Å². The normalized spacial score (nSPS) is 11.7. The third-order valence-electron chi connectivity index (χ3n) is 1.69. The summed E-state index contributed by atoms with van der Waals surface area (Å²) in [4.78, 5) is 0.0559. The van der Waals surface area contributed by atoms with Crippen molar-refractivity contribution in [3.63, 3.8) is 0 Å². The SMILES string of the molecule is C=C(Cl)CNS(=O)(=O)c1c(C)noc1C. The minimum Gasteiger partial charge on any atom is -0.360 e. The van der Waals surface area contributed by atoms with Crippen LogP contribution in [0.5, 0.6) is 0 Å². The predicted octanol–water partition coefficient (Wildman–Crippen LogP) is 1.32. The van der Waals surface area contributed by atoms with Crippen LogP contribution in [0.4, 0.5) is 0 Å². The van der Waals surface area contributed by atoms with Crippen molar-refractivity contribution in [1.82, 2.24) is 9.88 Å². The van der Waals surface area contributed by atoms with Gasteiger partial charge in [-0.05, 0) is 13.8 Å². The van der Waals surface area contributed by atoms with Gasteiger partial charge in [-0.25, -0.2) is 13.1 Å². The molecule has 0 aromatic carbocycles. The average molecular weight is 251 g/mol. The Kier molecular flexibility index (Phi) is 3.54. The third-order valence-corrected chi connectivity index (χ3v) is 3.47. The van der Waals surface area contributed by atoms with Crippen LogP contribution in [0.25, 0.3) is 0 Å². The van der Waals surface area contributed by atoms with Crippen molar-refractivity contribution in [2.45, 2.75) is 18.7 Å². The number of hydrogen-bond acceptors (Lipinski definition) is 4. The Morgan fingerprint density at radius 2 is 2.20 bits per heavy atom. The highest BCUT2D eigenvalue weighted by atomic mass is 35.5. The van der Waals surface area contributed by atoms with E-state index in [9.17, 15) is 8.42 Å². The van der Waals surface area contributed by atoms with Crippen LogP contribution in [-0.4, -0.2) is 20.1 Å². The zero-order chi connectivity index (χ0) is 11.6. The zero-order valence-corrected chi connectivity index (χ0v) is 9.94. The Balaban J connectivity index is 3.01. The first-order chi connectivity index (χ1) is 6.84. The fourth-order valence-electron chi connectivity index (χ4n) is 1.10. The largest absolute Gasteiger partial charge is 0.360 e. The second-order valence-corrected chi connectivity index (χ2v) is 5.23. The summed E-state index contributed by atoms with van der Waals surface area (Å²) in [6.45, 7) is 6.45. The first-order valence-corrected chi connectivity index (χ1v) is 5.96. The highest BCUT2D eigenvalue weighted by Gasteiger charge is 2.23. The van der Waals surface area contributed by atoms with Gasteiger partial charge in [-0.15, -0.1) is 0 Å². The van der Waals surface area contributed by atoms with E-state index >= 15 is 0 Å². The second kappa shape index (κ2) is 4.34. The van der Waals surface area contributed by atoms with Crippen LogP contribution < -0.4 is 4.72 Å². The molecule has 0 radical (unpaired) electrons. The number of aryl methyl sites for hydroxylation is 2. The van der Waals surface area contributed by atoms with Gasteiger partial charge in [0, 0.05) is 11.6 Å². The van der Waals surface area contributed by atoms with E-state index in [-0.39, 0.29) is 22.2 Å². The summed E-state index contributed by atoms with van der Waals surface area (Å²) in [7, 11) is -3.62. The van der Waals surface area contributed by atoms with E-state index in [1.165, 1.54) is 6.92 Å². The van der Waals surface area contributed by atoms with E-state index in [4.69, 9.17) is 16.1 Å². The Hall–Kier alpha value is -0.850. The molecule has 0 saturated heterocycles. The molecule has 0 aliphatic carbocycles. The van der Waals surface area contributed by atoms with E-state index in [1.54, 1.807) is 6.92 Å². The lowest BCUT2D eigenvalue weighted by molar-refractivity contribution is 0.390. The molecule has 0 aliphatic heterocycles. The quantitative estimate of drug-likeness (QED) is 0.875. The molecule has 5 nitrogen and oxygen atoms in total. The second-order valence-electron chi connectivity index (χ2n) is 3.00. The van der Waals surface area contributed by atoms with E-state index in [1.807, 2.05) is 0 Å². The molecule has 0 saturated carbocycles. The van der Waals surface area contributed by atoms with Gasteiger partial charge in [-0.1, -0.05) is 23.3 Å². The molecule has 1 aromatic rings. The summed E-state index contributed by atoms with van der Waals surface area (Å²) in [6, 6.07) is 0. The number of sulfonamides is 1. The van der Waals surface area contributed by atoms with E-state index < -0.39 is 10.0 Å². The van der Waals surface area contributed by atoms with Crippen LogP contribution >= 0.6 is 11.6 Å². The van der Waals surface area contributed by atoms with Crippen LogP contribution in [0.15, 0.2) is 21.0 Å². The molecule has 0 fully saturated rings. The molecular weight excluding hydrogens is 240 g/mol. The van der Waals surface area contributed by atoms with Crippen molar-refractivity contribution in [2.75, 3.05) is 6.54 Å². The van der Waals surface area contributed by atoms with Gasteiger partial charge < -0.3 is 4.52 Å². The van der Waals surface area contributed by atoms with Crippen molar-refractivity contribution >= 4 is 21.6 Å². The highest BCUT2D eigenvalue weighted by Crippen LogP contribution is 2.18. The molecule has 1 rings (SSSR count). The maximum Gasteiger partial charge on any atom is 0.246 e. The fourth-order valence-corrected chi connectivity index (χ4v) is 2.60. The lowest BCUT2D eigenvalue weighted by Crippen LogP contribution is -2.25. The van der Waals surface area contributed by atoms with Crippen molar-refractivity contribution < 1.29 is 12.9 Å². The molecule has 0 bridgehead atoms. The number of nitrogens with one attached hydrogen (secondary N) is 1. The van der Waals surface area contributed by atoms with Crippen LogP contribution in [0.1, 0.15) is 11.5 Å². The van der Waals surface area contributed by atoms with Gasteiger partial charge in [0.25, 0.3) is 0 Å². The van der Waals surface area contributed by atoms with Gasteiger partial charge in [0.15, 0.2) is 5.76 Å². The van der Waals surface area contributed by atoms with E-state index in [2.05, 4.69) is 16.5 Å². The number of rotatable bonds is 4. The molecule has 84 valence electrons. The number of hydrogen-bond donors (Lipinski definition) is 1. The standard InChI is InChI=1S/C8H11ClN2O3S/c1-5(9)4-10-15(12,13)8-6(2)11-14-7(8)3/h10H,1,4H2,2-3H3. The Morgan fingerprint density at radius 3 is 2.60 bits per heavy atom. The zero-order valence-electron chi connectivity index (χ0n) is 8.37. The summed E-state index contributed by atoms with van der Waals surface area (Å²) < 4.78 is 30.5. The molecule has 0 unspecified atom stereocenters. The Bertz CT molecular complexity index is 459. The molecule has 0 atom stereocenters. The molecule has 0 spiro atoms. The fraction of sp³-hybridized carbons (Fsp3) is 0.375. The minimum absolute atomic E-state index is 0.0199. The van der Waals surface area contributed by atoms with Gasteiger partial charge in [0.1, 0.15) is 10.6 Å². The predicted molar refractivity (Wildman–Crippen MR) is 56.2 cm³/mol. The Labute approximate surface area is 93.1 Å². The lowest BCUT2D eigenvalue weighted by atomic mass is 10.4. The smallest absolute Gasteiger partial charge is 0.246 e. The summed E-state index contributed by atoms with van der Waals surface area (Å²) >= 11 is 5.46. The van der Waals surface area contributed by atoms with Crippen LogP contribution in [0.3, 0.4) is 0 Å². The molecular formula is C8H11ClN2O3S. The van der Waals surface area contributed by atoms with E-state index in [0.29, 0.717) is 5.69 Å². The number of halogens is 1. The monoisotopic (exact) mass is 250 g/mol. The van der Waals surface area contributed by atoms with Gasteiger partial charge >= 0.3 is 0 Å². The first-order valence-electron chi connectivity index (χ1n) is 4.10. The van der Waals surface area contributed by atoms with Crippen molar-refractivity contribution in [3.8, 4) is 0 Å². The molecule has 15 heavy (non-hydrogen) atoms. The molecule has 7 heteroatoms.